The Hall–Kier alpha value is -3.69. The fourth-order valence-electron chi connectivity index (χ4n) is 4.39. The second-order valence-electron chi connectivity index (χ2n) is 7.52. The lowest BCUT2D eigenvalue weighted by atomic mass is 9.82. The largest absolute Gasteiger partial charge is 0.507 e. The smallest absolute Gasteiger partial charge is 0.323 e. The van der Waals surface area contributed by atoms with Crippen LogP contribution in [0.3, 0.4) is 0 Å². The molecule has 9 nitrogen and oxygen atoms in total. The molecule has 1 spiro atoms. The van der Waals surface area contributed by atoms with Gasteiger partial charge in [0.25, 0.3) is 17.6 Å². The van der Waals surface area contributed by atoms with Crippen LogP contribution >= 0.6 is 11.6 Å². The van der Waals surface area contributed by atoms with Gasteiger partial charge in [0.2, 0.25) is 0 Å². The minimum atomic E-state index is -2.04. The summed E-state index contributed by atoms with van der Waals surface area (Å²) >= 11 is 5.93. The van der Waals surface area contributed by atoms with Crippen LogP contribution in [0.25, 0.3) is 5.76 Å². The number of aliphatic hydroxyl groups is 1. The van der Waals surface area contributed by atoms with E-state index in [-0.39, 0.29) is 30.0 Å². The molecule has 33 heavy (non-hydrogen) atoms. The first-order valence-electron chi connectivity index (χ1n) is 9.93. The number of carbonyl (C=O) groups is 4. The number of anilines is 1. The highest BCUT2D eigenvalue weighted by Crippen LogP contribution is 2.53. The average Bonchev–Trinajstić information content (AvgIpc) is 3.16. The minimum Gasteiger partial charge on any atom is -0.507 e. The summed E-state index contributed by atoms with van der Waals surface area (Å²) < 4.78 is 5.08. The lowest BCUT2D eigenvalue weighted by Crippen LogP contribution is -2.53. The molecule has 2 N–H and O–H groups in total. The molecule has 0 saturated carbocycles. The van der Waals surface area contributed by atoms with E-state index in [0.29, 0.717) is 5.02 Å². The summed E-state index contributed by atoms with van der Waals surface area (Å²) in [6.07, 6.45) is 0. The number of ether oxygens (including phenoxy) is 1. The Morgan fingerprint density at radius 2 is 1.73 bits per heavy atom. The predicted octanol–water partition coefficient (Wildman–Crippen LogP) is 1.99. The number of carbonyl (C=O) groups excluding carboxylic acids is 3. The number of hydrogen-bond acceptors (Lipinski definition) is 6. The number of fused-ring (bicyclic) bond motifs is 2. The van der Waals surface area contributed by atoms with Gasteiger partial charge in [-0.05, 0) is 30.3 Å². The minimum absolute atomic E-state index is 0.00410. The average molecular weight is 471 g/mol. The Balaban J connectivity index is 2.05. The van der Waals surface area contributed by atoms with E-state index in [1.807, 2.05) is 0 Å². The van der Waals surface area contributed by atoms with Gasteiger partial charge in [-0.25, -0.2) is 0 Å². The van der Waals surface area contributed by atoms with E-state index in [1.54, 1.807) is 12.1 Å². The number of ketones is 1. The number of aliphatic carboxylic acids is 1. The lowest BCUT2D eigenvalue weighted by Gasteiger charge is -2.34. The Morgan fingerprint density at radius 1 is 1.06 bits per heavy atom. The molecule has 0 aliphatic carbocycles. The summed E-state index contributed by atoms with van der Waals surface area (Å²) in [4.78, 5) is 53.8. The first kappa shape index (κ1) is 22.5. The number of hydrogen-bond donors (Lipinski definition) is 2. The number of rotatable bonds is 6. The molecule has 2 aromatic carbocycles. The Kier molecular flexibility index (Phi) is 5.69. The van der Waals surface area contributed by atoms with Crippen molar-refractivity contribution in [3.05, 3.63) is 70.3 Å². The molecule has 1 atom stereocenters. The van der Waals surface area contributed by atoms with Crippen LogP contribution in [-0.4, -0.2) is 65.5 Å². The first-order valence-corrected chi connectivity index (χ1v) is 10.3. The van der Waals surface area contributed by atoms with Crippen LogP contribution < -0.4 is 4.90 Å². The molecule has 10 heteroatoms. The number of methoxy groups -OCH3 is 1. The molecule has 0 radical (unpaired) electrons. The van der Waals surface area contributed by atoms with Gasteiger partial charge >= 0.3 is 5.97 Å². The first-order chi connectivity index (χ1) is 15.7. The lowest BCUT2D eigenvalue weighted by molar-refractivity contribution is -0.144. The van der Waals surface area contributed by atoms with Gasteiger partial charge in [-0.2, -0.15) is 0 Å². The zero-order valence-corrected chi connectivity index (χ0v) is 18.2. The van der Waals surface area contributed by atoms with Gasteiger partial charge in [-0.3, -0.25) is 24.1 Å². The van der Waals surface area contributed by atoms with Gasteiger partial charge in [-0.15, -0.1) is 0 Å². The van der Waals surface area contributed by atoms with Crippen molar-refractivity contribution < 1.29 is 34.1 Å². The topological polar surface area (TPSA) is 124 Å². The number of halogens is 1. The van der Waals surface area contributed by atoms with E-state index in [2.05, 4.69) is 0 Å². The van der Waals surface area contributed by atoms with E-state index < -0.39 is 47.0 Å². The van der Waals surface area contributed by atoms with Gasteiger partial charge in [0.1, 0.15) is 12.3 Å². The zero-order chi connectivity index (χ0) is 23.9. The number of carboxylic acids is 1. The molecular formula is C23H19ClN2O7. The summed E-state index contributed by atoms with van der Waals surface area (Å²) in [6.45, 7) is -0.823. The number of likely N-dealkylation sites (tertiary alicyclic amines) is 1. The highest BCUT2D eigenvalue weighted by molar-refractivity contribution is 6.50. The van der Waals surface area contributed by atoms with Crippen LogP contribution in [0.5, 0.6) is 0 Å². The molecule has 2 aliphatic heterocycles. The number of nitrogens with zero attached hydrogens (tertiary/aromatic N) is 2. The SMILES string of the molecule is COCCN1C(=O)C(=O)C(=C(O)c2ccc(Cl)cc2)[C@]12C(=O)N(CC(=O)O)c1ccccc12. The monoisotopic (exact) mass is 470 g/mol. The molecule has 0 bridgehead atoms. The Labute approximate surface area is 193 Å². The number of aliphatic hydroxyl groups excluding tert-OH is 1. The van der Waals surface area contributed by atoms with Crippen molar-refractivity contribution >= 4 is 46.6 Å². The van der Waals surface area contributed by atoms with Gasteiger partial charge in [0.05, 0.1) is 17.9 Å². The summed E-state index contributed by atoms with van der Waals surface area (Å²) in [5.41, 5.74) is -1.84. The third-order valence-electron chi connectivity index (χ3n) is 5.74. The number of benzene rings is 2. The molecule has 4 rings (SSSR count). The standard InChI is InChI=1S/C23H19ClN2O7/c1-33-11-10-26-21(31)20(30)18(19(29)13-6-8-14(24)9-7-13)23(26)15-4-2-3-5-16(15)25(22(23)32)12-17(27)28/h2-9,29H,10-12H2,1H3,(H,27,28)/t23-/m1/s1. The normalized spacial score (nSPS) is 21.2. The van der Waals surface area contributed by atoms with E-state index in [4.69, 9.17) is 16.3 Å². The van der Waals surface area contributed by atoms with Gasteiger partial charge < -0.3 is 19.8 Å². The van der Waals surface area contributed by atoms with Crippen LogP contribution in [0.2, 0.25) is 5.02 Å². The van der Waals surface area contributed by atoms with E-state index in [9.17, 15) is 29.4 Å². The third-order valence-corrected chi connectivity index (χ3v) is 5.99. The zero-order valence-electron chi connectivity index (χ0n) is 17.4. The van der Waals surface area contributed by atoms with Crippen molar-refractivity contribution in [2.45, 2.75) is 5.54 Å². The molecule has 0 unspecified atom stereocenters. The predicted molar refractivity (Wildman–Crippen MR) is 118 cm³/mol. The Bertz CT molecular complexity index is 1210. The van der Waals surface area contributed by atoms with Crippen molar-refractivity contribution in [2.75, 3.05) is 31.7 Å². The molecule has 2 amide bonds. The summed E-state index contributed by atoms with van der Waals surface area (Å²) in [5, 5.41) is 21.0. The number of carboxylic acid groups (broad SMARTS) is 1. The fraction of sp³-hybridized carbons (Fsp3) is 0.217. The number of Topliss-reactive ketones (excluding diaryl/α,β-unsaturated/α-hetero) is 1. The Morgan fingerprint density at radius 3 is 2.36 bits per heavy atom. The highest BCUT2D eigenvalue weighted by Gasteiger charge is 2.67. The second kappa shape index (κ2) is 8.34. The molecule has 170 valence electrons. The van der Waals surface area contributed by atoms with E-state index in [1.165, 1.54) is 43.5 Å². The van der Waals surface area contributed by atoms with Gasteiger partial charge in [0.15, 0.2) is 5.54 Å². The van der Waals surface area contributed by atoms with Crippen molar-refractivity contribution in [2.24, 2.45) is 0 Å². The van der Waals surface area contributed by atoms with Crippen molar-refractivity contribution in [1.29, 1.82) is 0 Å². The van der Waals surface area contributed by atoms with E-state index in [0.717, 1.165) is 9.80 Å². The number of amides is 2. The fourth-order valence-corrected chi connectivity index (χ4v) is 4.52. The molecule has 1 fully saturated rings. The van der Waals surface area contributed by atoms with Crippen LogP contribution in [0, 0.1) is 0 Å². The summed E-state index contributed by atoms with van der Waals surface area (Å²) in [6, 6.07) is 12.2. The maximum atomic E-state index is 13.9. The van der Waals surface area contributed by atoms with Crippen molar-refractivity contribution in [3.63, 3.8) is 0 Å². The van der Waals surface area contributed by atoms with Gasteiger partial charge in [0, 0.05) is 29.8 Å². The molecule has 2 aliphatic rings. The summed E-state index contributed by atoms with van der Waals surface area (Å²) in [5.74, 6) is -4.72. The van der Waals surface area contributed by atoms with Crippen LogP contribution in [0.1, 0.15) is 11.1 Å². The second-order valence-corrected chi connectivity index (χ2v) is 7.96. The molecule has 0 aromatic heterocycles. The molecule has 1 saturated heterocycles. The third kappa shape index (κ3) is 3.28. The molecule has 2 heterocycles. The quantitative estimate of drug-likeness (QED) is 0.376. The molecule has 2 aromatic rings. The highest BCUT2D eigenvalue weighted by atomic mass is 35.5. The van der Waals surface area contributed by atoms with Crippen molar-refractivity contribution in [1.82, 2.24) is 4.90 Å². The number of para-hydroxylation sites is 1. The van der Waals surface area contributed by atoms with Crippen molar-refractivity contribution in [3.8, 4) is 0 Å². The maximum Gasteiger partial charge on any atom is 0.323 e. The van der Waals surface area contributed by atoms with Crippen LogP contribution in [-0.2, 0) is 29.5 Å². The van der Waals surface area contributed by atoms with E-state index >= 15 is 0 Å². The van der Waals surface area contributed by atoms with Gasteiger partial charge in [-0.1, -0.05) is 29.8 Å². The summed E-state index contributed by atoms with van der Waals surface area (Å²) in [7, 11) is 1.40. The van der Waals surface area contributed by atoms with Crippen LogP contribution in [0.4, 0.5) is 5.69 Å². The van der Waals surface area contributed by atoms with Crippen LogP contribution in [0.15, 0.2) is 54.1 Å². The molecular weight excluding hydrogens is 452 g/mol. The maximum absolute atomic E-state index is 13.9.